The van der Waals surface area contributed by atoms with Gasteiger partial charge in [-0.3, -0.25) is 33.7 Å². The van der Waals surface area contributed by atoms with Gasteiger partial charge in [0.05, 0.1) is 61.7 Å². The maximum absolute atomic E-state index is 15.5. The molecular formula is C61H58N14O18S5. The van der Waals surface area contributed by atoms with E-state index in [4.69, 9.17) is 44.1 Å². The van der Waals surface area contributed by atoms with Crippen LogP contribution in [0, 0.1) is 0 Å². The number of fused-ring (bicyclic) bond motifs is 16. The number of pyridine rings is 1. The maximum atomic E-state index is 15.5. The number of methoxy groups -OCH3 is 1. The van der Waals surface area contributed by atoms with Gasteiger partial charge in [-0.05, 0) is 52.4 Å². The summed E-state index contributed by atoms with van der Waals surface area (Å²) in [4.78, 5) is 144. The molecule has 0 saturated carbocycles. The van der Waals surface area contributed by atoms with E-state index in [1.54, 1.807) is 19.9 Å². The van der Waals surface area contributed by atoms with E-state index in [1.165, 1.54) is 66.9 Å². The van der Waals surface area contributed by atoms with Gasteiger partial charge in [-0.1, -0.05) is 18.7 Å². The number of thiazole rings is 5. The van der Waals surface area contributed by atoms with E-state index in [9.17, 15) is 39.7 Å². The molecule has 8 aromatic rings. The first-order valence-electron chi connectivity index (χ1n) is 29.8. The van der Waals surface area contributed by atoms with Crippen LogP contribution < -0.4 is 32.3 Å². The fourth-order valence-electron chi connectivity index (χ4n) is 12.4. The van der Waals surface area contributed by atoms with Gasteiger partial charge in [0, 0.05) is 44.5 Å². The van der Waals surface area contributed by atoms with Crippen molar-refractivity contribution in [2.24, 2.45) is 5.73 Å². The highest BCUT2D eigenvalue weighted by molar-refractivity contribution is 7.14. The first-order chi connectivity index (χ1) is 46.7. The van der Waals surface area contributed by atoms with Gasteiger partial charge in [-0.2, -0.15) is 4.73 Å². The predicted octanol–water partition coefficient (Wildman–Crippen LogP) is 3.65. The minimum Gasteiger partial charge on any atom is -0.506 e. The van der Waals surface area contributed by atoms with E-state index in [0.717, 1.165) is 45.3 Å². The average Bonchev–Trinajstić information content (AvgIpc) is 1.34. The number of nitrogens with two attached hydrogens (primary N) is 1. The number of hydrogen-bond donors (Lipinski definition) is 10. The second-order valence-corrected chi connectivity index (χ2v) is 28.1. The van der Waals surface area contributed by atoms with Gasteiger partial charge in [-0.15, -0.1) is 56.7 Å². The lowest BCUT2D eigenvalue weighted by Gasteiger charge is -2.50. The van der Waals surface area contributed by atoms with Crippen LogP contribution in [0.3, 0.4) is 0 Å². The van der Waals surface area contributed by atoms with E-state index in [1.807, 2.05) is 11.9 Å². The molecule has 37 heteroatoms. The third-order valence-corrected chi connectivity index (χ3v) is 21.8. The molecule has 5 aliphatic rings. The molecule has 0 aliphatic carbocycles. The Bertz CT molecular complexity index is 4690. The number of carbonyl (C=O) groups is 8. The van der Waals surface area contributed by atoms with Gasteiger partial charge in [0.25, 0.3) is 29.5 Å². The van der Waals surface area contributed by atoms with Gasteiger partial charge in [0.15, 0.2) is 5.69 Å². The van der Waals surface area contributed by atoms with Crippen LogP contribution in [0.5, 0.6) is 5.75 Å². The van der Waals surface area contributed by atoms with E-state index >= 15 is 19.2 Å². The number of rotatable bonds is 7. The van der Waals surface area contributed by atoms with Crippen molar-refractivity contribution in [2.75, 3.05) is 27.5 Å². The molecule has 510 valence electrons. The van der Waals surface area contributed by atoms with Crippen LogP contribution >= 0.6 is 56.7 Å². The van der Waals surface area contributed by atoms with Crippen LogP contribution in [0.25, 0.3) is 49.3 Å². The Morgan fingerprint density at radius 2 is 1.62 bits per heavy atom. The number of aliphatic hydroxyl groups excluding tert-OH is 1. The molecule has 1 unspecified atom stereocenters. The lowest BCUT2D eigenvalue weighted by atomic mass is 9.75. The number of likely N-dealkylation sites (N-methyl/N-ethyl adjacent to an activating group) is 1. The Balaban J connectivity index is 1.00. The lowest BCUT2D eigenvalue weighted by molar-refractivity contribution is -0.249. The second kappa shape index (κ2) is 26.0. The average molecular weight is 1440 g/mol. The third-order valence-electron chi connectivity index (χ3n) is 17.2. The largest absolute Gasteiger partial charge is 0.506 e. The van der Waals surface area contributed by atoms with Crippen LogP contribution in [0.4, 0.5) is 0 Å². The Kier molecular flexibility index (Phi) is 17.8. The van der Waals surface area contributed by atoms with Crippen molar-refractivity contribution in [2.45, 2.75) is 107 Å². The second-order valence-electron chi connectivity index (χ2n) is 23.6. The minimum absolute atomic E-state index is 0.0139. The number of aromatic hydroxyl groups is 1. The molecule has 98 heavy (non-hydrogen) atoms. The molecule has 2 saturated heterocycles. The molecule has 12 heterocycles. The minimum atomic E-state index is -2.98. The standard InChI is InChI=1S/C61H58N14O18S5/c1-22(47(62)78)64-48(79)31-19-97-57(69-31)42-35(77)11-27-41(70-42)30-17-95-54(66-30)29-16-90-58(84)44-28-15-89-46(61(86,37-12-60(5)45(25(4)93-37)74(6)21-92-60)59(85)91-14-26-9-8-10-34(38(26)28)75(44)87)43(55-63-13-36(98-55)51(82)65-29)73-50(81)33-20-96-56(68-33)40(24(3)88-7)72-52(83)39(23(2)76)71-49(80)32-18-94-53(27)67-32/h8-11,13,17-20,23,25,29,37,39,43,45-46,76-77,86-87H,1,12,14-16,21H2,2-7H3,(H2,62,78)(H,64,79)(H,65,82)(H,71,80)(H,72,83)(H,73,81)/b40-24-/t23-,25+,29+,37-,39+,43+,45-,46?,60+,61+/m1/s1. The van der Waals surface area contributed by atoms with Crippen molar-refractivity contribution < 1.29 is 87.3 Å². The van der Waals surface area contributed by atoms with E-state index in [2.05, 4.69) is 53.1 Å². The van der Waals surface area contributed by atoms with Gasteiger partial charge < -0.3 is 81.3 Å². The lowest BCUT2D eigenvalue weighted by Crippen LogP contribution is -2.69. The summed E-state index contributed by atoms with van der Waals surface area (Å²) in [7, 11) is 3.13. The SMILES string of the molecule is C=C(NC(=O)c1csc(-c2nc3c(cc2O)-c2nc(cs2)C(=O)N[C@@H]([C@@H](C)O)C(=O)N/C(=C(/C)OC)c2nc(cs2)C(=O)N[C@@H]2c4ncc(s4)C(=O)N[C@@H](COC(=O)c4c5c6c(cccc6n4O)COC(=O)[C@](O)([C@H]4C[C@]6(C)OCN(C)[C@@H]6[C@H](C)O4)C2OC5)c2nc-3cs2)n1)C(N)=O. The van der Waals surface area contributed by atoms with Crippen molar-refractivity contribution in [3.05, 3.63) is 124 Å². The molecule has 11 N–H and O–H groups in total. The van der Waals surface area contributed by atoms with Crippen molar-refractivity contribution >= 4 is 121 Å². The summed E-state index contributed by atoms with van der Waals surface area (Å²) in [6.07, 6.45) is -4.96. The van der Waals surface area contributed by atoms with Crippen LogP contribution in [0.2, 0.25) is 0 Å². The van der Waals surface area contributed by atoms with Gasteiger partial charge in [0.2, 0.25) is 11.5 Å². The van der Waals surface area contributed by atoms with Gasteiger partial charge in [0.1, 0.15) is 125 Å². The Hall–Kier alpha value is -9.54. The normalized spacial score (nSPS) is 25.5. The Labute approximate surface area is 573 Å². The van der Waals surface area contributed by atoms with Crippen molar-refractivity contribution in [3.8, 4) is 38.4 Å². The number of aromatic nitrogens is 7. The molecule has 10 atom stereocenters. The van der Waals surface area contributed by atoms with Gasteiger partial charge in [-0.25, -0.2) is 39.5 Å². The number of benzene rings is 1. The number of amides is 6. The summed E-state index contributed by atoms with van der Waals surface area (Å²) in [5, 5.41) is 67.8. The smallest absolute Gasteiger partial charge is 0.358 e. The summed E-state index contributed by atoms with van der Waals surface area (Å²) in [5.74, 6) is -8.56. The number of ether oxygens (including phenoxy) is 6. The summed E-state index contributed by atoms with van der Waals surface area (Å²) < 4.78 is 38.3. The first-order valence-corrected chi connectivity index (χ1v) is 34.1. The van der Waals surface area contributed by atoms with E-state index in [-0.39, 0.29) is 116 Å². The van der Waals surface area contributed by atoms with Crippen molar-refractivity contribution in [3.63, 3.8) is 0 Å². The number of nitrogens with zero attached hydrogens (tertiary/aromatic N) is 8. The molecule has 7 aromatic heterocycles. The molecule has 6 amide bonds. The summed E-state index contributed by atoms with van der Waals surface area (Å²) in [5.41, 5.74) is -0.494. The number of hydrogen-bond acceptors (Lipinski definition) is 30. The highest BCUT2D eigenvalue weighted by atomic mass is 32.1. The number of aliphatic hydroxyl groups is 2. The van der Waals surface area contributed by atoms with Crippen LogP contribution in [-0.2, 0) is 56.0 Å². The molecule has 0 radical (unpaired) electrons. The highest BCUT2D eigenvalue weighted by Crippen LogP contribution is 2.48. The van der Waals surface area contributed by atoms with Crippen LogP contribution in [-0.4, -0.2) is 183 Å². The van der Waals surface area contributed by atoms with Crippen LogP contribution in [0.15, 0.2) is 70.0 Å². The molecule has 1 aromatic carbocycles. The zero-order chi connectivity index (χ0) is 69.5. The number of carbonyl (C=O) groups excluding carboxylic acids is 8. The van der Waals surface area contributed by atoms with Gasteiger partial charge >= 0.3 is 11.9 Å². The van der Waals surface area contributed by atoms with Crippen molar-refractivity contribution in [1.29, 1.82) is 0 Å². The Morgan fingerprint density at radius 3 is 2.37 bits per heavy atom. The molecule has 2 fully saturated rings. The molecule has 5 aliphatic heterocycles. The zero-order valence-corrected chi connectivity index (χ0v) is 56.3. The Morgan fingerprint density at radius 1 is 0.898 bits per heavy atom. The molecule has 12 bridgehead atoms. The molecular weight excluding hydrogens is 1380 g/mol. The third kappa shape index (κ3) is 12.0. The number of esters is 2. The highest BCUT2D eigenvalue weighted by Gasteiger charge is 2.64. The van der Waals surface area contributed by atoms with E-state index < -0.39 is 144 Å². The quantitative estimate of drug-likeness (QED) is 0.0471. The molecule has 32 nitrogen and oxygen atoms in total. The van der Waals surface area contributed by atoms with Crippen molar-refractivity contribution in [1.82, 2.24) is 66.1 Å². The molecule has 0 spiro atoms. The summed E-state index contributed by atoms with van der Waals surface area (Å²) >= 11 is 4.30. The predicted molar refractivity (Wildman–Crippen MR) is 348 cm³/mol. The number of nitrogens with one attached hydrogen (secondary N) is 5. The van der Waals surface area contributed by atoms with Crippen LogP contribution in [0.1, 0.15) is 124 Å². The summed E-state index contributed by atoms with van der Waals surface area (Å²) in [6.45, 7) is 7.90. The fraction of sp³-hybridized carbons (Fsp3) is 0.344. The first kappa shape index (κ1) is 67.0. The van der Waals surface area contributed by atoms with E-state index in [0.29, 0.717) is 16.1 Å². The maximum Gasteiger partial charge on any atom is 0.358 e. The topological polar surface area (TPSA) is 445 Å². The fourth-order valence-corrected chi connectivity index (χ4v) is 16.6. The summed E-state index contributed by atoms with van der Waals surface area (Å²) in [6, 6.07) is 0.588. The number of primary amides is 1. The number of allylic oxidation sites excluding steroid dienone is 1. The zero-order valence-electron chi connectivity index (χ0n) is 52.3. The number of cyclic esters (lactones) is 2. The molecule has 13 rings (SSSR count). The monoisotopic (exact) mass is 1430 g/mol.